The number of benzene rings is 1. The highest BCUT2D eigenvalue weighted by molar-refractivity contribution is 7.89. The predicted octanol–water partition coefficient (Wildman–Crippen LogP) is 1.94. The number of amides is 1. The van der Waals surface area contributed by atoms with Gasteiger partial charge in [-0.1, -0.05) is 29.3 Å². The summed E-state index contributed by atoms with van der Waals surface area (Å²) in [5.41, 5.74) is 5.34. The summed E-state index contributed by atoms with van der Waals surface area (Å²) in [4.78, 5) is 11.4. The second-order valence-electron chi connectivity index (χ2n) is 4.54. The minimum absolute atomic E-state index is 0. The van der Waals surface area contributed by atoms with Gasteiger partial charge < -0.3 is 11.1 Å². The highest BCUT2D eigenvalue weighted by Gasteiger charge is 2.21. The van der Waals surface area contributed by atoms with Crippen LogP contribution in [0.4, 0.5) is 0 Å². The molecule has 0 atom stereocenters. The summed E-state index contributed by atoms with van der Waals surface area (Å²) in [5, 5.41) is 2.75. The molecular weight excluding hydrogens is 385 g/mol. The number of rotatable bonds is 9. The van der Waals surface area contributed by atoms with Crippen LogP contribution in [0.2, 0.25) is 10.0 Å². The largest absolute Gasteiger partial charge is 0.356 e. The van der Waals surface area contributed by atoms with E-state index < -0.39 is 10.0 Å². The molecule has 0 aromatic heterocycles. The first-order valence-electron chi connectivity index (χ1n) is 6.79. The number of nitrogens with two attached hydrogens (primary N) is 1. The normalized spacial score (nSPS) is 10.9. The molecule has 1 aromatic carbocycles. The third kappa shape index (κ3) is 7.69. The van der Waals surface area contributed by atoms with Crippen molar-refractivity contribution in [3.63, 3.8) is 0 Å². The quantitative estimate of drug-likeness (QED) is 0.547. The van der Waals surface area contributed by atoms with E-state index in [1.165, 1.54) is 12.1 Å². The lowest BCUT2D eigenvalue weighted by molar-refractivity contribution is -0.120. The number of hydrogen-bond donors (Lipinski definition) is 3. The summed E-state index contributed by atoms with van der Waals surface area (Å²) >= 11 is 11.7. The fourth-order valence-electron chi connectivity index (χ4n) is 1.70. The lowest BCUT2D eigenvalue weighted by Crippen LogP contribution is -2.31. The number of carbonyl (C=O) groups is 1. The molecule has 1 aromatic rings. The van der Waals surface area contributed by atoms with E-state index in [-0.39, 0.29) is 46.2 Å². The fourth-order valence-corrected chi connectivity index (χ4v) is 3.87. The van der Waals surface area contributed by atoms with Crippen LogP contribution in [0.5, 0.6) is 0 Å². The summed E-state index contributed by atoms with van der Waals surface area (Å²) in [7, 11) is -3.86. The van der Waals surface area contributed by atoms with Gasteiger partial charge in [-0.3, -0.25) is 4.79 Å². The Morgan fingerprint density at radius 1 is 1.13 bits per heavy atom. The van der Waals surface area contributed by atoms with E-state index in [2.05, 4.69) is 10.0 Å². The zero-order valence-corrected chi connectivity index (χ0v) is 15.5. The van der Waals surface area contributed by atoms with Gasteiger partial charge in [0.05, 0.1) is 10.0 Å². The maximum Gasteiger partial charge on any atom is 0.243 e. The Morgan fingerprint density at radius 2 is 1.74 bits per heavy atom. The van der Waals surface area contributed by atoms with E-state index in [1.54, 1.807) is 6.07 Å². The summed E-state index contributed by atoms with van der Waals surface area (Å²) < 4.78 is 26.6. The van der Waals surface area contributed by atoms with Crippen molar-refractivity contribution >= 4 is 51.5 Å². The van der Waals surface area contributed by atoms with Crippen LogP contribution >= 0.6 is 35.6 Å². The molecule has 0 unspecified atom stereocenters. The standard InChI is InChI=1S/C13H19Cl2N3O3S.ClH/c14-10-4-3-5-11(15)13(10)22(20,21)18-9-6-12(19)17-8-2-1-7-16;/h3-5,18H,1-2,6-9,16H2,(H,17,19);1H. The fraction of sp³-hybridized carbons (Fsp3) is 0.462. The van der Waals surface area contributed by atoms with Crippen molar-refractivity contribution < 1.29 is 13.2 Å². The minimum atomic E-state index is -3.86. The zero-order valence-electron chi connectivity index (χ0n) is 12.3. The number of hydrogen-bond acceptors (Lipinski definition) is 4. The van der Waals surface area contributed by atoms with Crippen LogP contribution in [-0.2, 0) is 14.8 Å². The van der Waals surface area contributed by atoms with Crippen molar-refractivity contribution in [1.82, 2.24) is 10.0 Å². The Morgan fingerprint density at radius 3 is 2.30 bits per heavy atom. The van der Waals surface area contributed by atoms with Crippen molar-refractivity contribution in [1.29, 1.82) is 0 Å². The molecule has 132 valence electrons. The number of nitrogens with one attached hydrogen (secondary N) is 2. The van der Waals surface area contributed by atoms with Crippen LogP contribution < -0.4 is 15.8 Å². The van der Waals surface area contributed by atoms with Crippen molar-refractivity contribution in [3.8, 4) is 0 Å². The van der Waals surface area contributed by atoms with E-state index in [9.17, 15) is 13.2 Å². The van der Waals surface area contributed by atoms with Crippen molar-refractivity contribution in [2.24, 2.45) is 5.73 Å². The van der Waals surface area contributed by atoms with E-state index in [0.717, 1.165) is 12.8 Å². The molecule has 23 heavy (non-hydrogen) atoms. The van der Waals surface area contributed by atoms with E-state index in [1.807, 2.05) is 0 Å². The molecule has 0 radical (unpaired) electrons. The Hall–Kier alpha value is -0.570. The molecule has 0 heterocycles. The average molecular weight is 405 g/mol. The van der Waals surface area contributed by atoms with Crippen LogP contribution in [0.1, 0.15) is 19.3 Å². The van der Waals surface area contributed by atoms with Gasteiger partial charge in [0, 0.05) is 19.5 Å². The SMILES string of the molecule is Cl.NCCCCNC(=O)CCNS(=O)(=O)c1c(Cl)cccc1Cl. The third-order valence-corrected chi connectivity index (χ3v) is 5.20. The molecule has 0 aliphatic rings. The lowest BCUT2D eigenvalue weighted by atomic mass is 10.3. The van der Waals surface area contributed by atoms with Gasteiger partial charge in [-0.2, -0.15) is 0 Å². The minimum Gasteiger partial charge on any atom is -0.356 e. The van der Waals surface area contributed by atoms with Crippen LogP contribution in [0.25, 0.3) is 0 Å². The van der Waals surface area contributed by atoms with Crippen LogP contribution in [0.15, 0.2) is 23.1 Å². The lowest BCUT2D eigenvalue weighted by Gasteiger charge is -2.10. The molecule has 0 bridgehead atoms. The molecular formula is C13H20Cl3N3O3S. The van der Waals surface area contributed by atoms with Gasteiger partial charge in [-0.15, -0.1) is 12.4 Å². The average Bonchev–Trinajstić information content (AvgIpc) is 2.43. The molecule has 1 amide bonds. The molecule has 4 N–H and O–H groups in total. The first kappa shape index (κ1) is 22.4. The second-order valence-corrected chi connectivity index (χ2v) is 7.06. The molecule has 0 saturated heterocycles. The molecule has 1 rings (SSSR count). The summed E-state index contributed by atoms with van der Waals surface area (Å²) in [6.07, 6.45) is 1.66. The van der Waals surface area contributed by atoms with Gasteiger partial charge in [0.25, 0.3) is 0 Å². The van der Waals surface area contributed by atoms with Gasteiger partial charge in [-0.05, 0) is 31.5 Å². The Kier molecular flexibility index (Phi) is 10.8. The number of sulfonamides is 1. The summed E-state index contributed by atoms with van der Waals surface area (Å²) in [6, 6.07) is 4.43. The Bertz CT molecular complexity index is 591. The number of halogens is 3. The van der Waals surface area contributed by atoms with Gasteiger partial charge in [0.15, 0.2) is 0 Å². The molecule has 0 aliphatic carbocycles. The number of carbonyl (C=O) groups excluding carboxylic acids is 1. The van der Waals surface area contributed by atoms with Gasteiger partial charge in [0.2, 0.25) is 15.9 Å². The first-order chi connectivity index (χ1) is 10.4. The maximum absolute atomic E-state index is 12.1. The highest BCUT2D eigenvalue weighted by atomic mass is 35.5. The topological polar surface area (TPSA) is 101 Å². The molecule has 6 nitrogen and oxygen atoms in total. The molecule has 0 saturated carbocycles. The Labute approximate surface area is 152 Å². The predicted molar refractivity (Wildman–Crippen MR) is 94.8 cm³/mol. The molecule has 0 aliphatic heterocycles. The maximum atomic E-state index is 12.1. The third-order valence-electron chi connectivity index (χ3n) is 2.78. The van der Waals surface area contributed by atoms with E-state index >= 15 is 0 Å². The zero-order chi connectivity index (χ0) is 16.6. The second kappa shape index (κ2) is 11.1. The van der Waals surface area contributed by atoms with Gasteiger partial charge in [0.1, 0.15) is 4.90 Å². The van der Waals surface area contributed by atoms with Crippen LogP contribution in [-0.4, -0.2) is 34.0 Å². The summed E-state index contributed by atoms with van der Waals surface area (Å²) in [5.74, 6) is -0.232. The number of unbranched alkanes of at least 4 members (excludes halogenated alkanes) is 1. The van der Waals surface area contributed by atoms with Gasteiger partial charge >= 0.3 is 0 Å². The van der Waals surface area contributed by atoms with E-state index in [0.29, 0.717) is 13.1 Å². The van der Waals surface area contributed by atoms with Crippen molar-refractivity contribution in [2.45, 2.75) is 24.2 Å². The van der Waals surface area contributed by atoms with Crippen LogP contribution in [0, 0.1) is 0 Å². The van der Waals surface area contributed by atoms with Crippen LogP contribution in [0.3, 0.4) is 0 Å². The molecule has 10 heteroatoms. The summed E-state index contributed by atoms with van der Waals surface area (Å²) in [6.45, 7) is 1.07. The smallest absolute Gasteiger partial charge is 0.243 e. The van der Waals surface area contributed by atoms with Crippen molar-refractivity contribution in [3.05, 3.63) is 28.2 Å². The first-order valence-corrected chi connectivity index (χ1v) is 9.03. The highest BCUT2D eigenvalue weighted by Crippen LogP contribution is 2.28. The molecule has 0 fully saturated rings. The van der Waals surface area contributed by atoms with Crippen molar-refractivity contribution in [2.75, 3.05) is 19.6 Å². The van der Waals surface area contributed by atoms with E-state index in [4.69, 9.17) is 28.9 Å². The Balaban J connectivity index is 0.00000484. The monoisotopic (exact) mass is 403 g/mol. The molecule has 0 spiro atoms. The van der Waals surface area contributed by atoms with Gasteiger partial charge in [-0.25, -0.2) is 13.1 Å².